The Morgan fingerprint density at radius 1 is 1.33 bits per heavy atom. The molecule has 5 nitrogen and oxygen atoms in total. The zero-order valence-corrected chi connectivity index (χ0v) is 11.6. The van der Waals surface area contributed by atoms with Gasteiger partial charge in [0.25, 0.3) is 0 Å². The first-order chi connectivity index (χ1) is 8.49. The largest absolute Gasteiger partial charge is 0.354 e. The maximum Gasteiger partial charge on any atom is 0.239 e. The van der Waals surface area contributed by atoms with E-state index in [1.807, 2.05) is 13.8 Å². The first kappa shape index (κ1) is 15.0. The number of amides is 2. The van der Waals surface area contributed by atoms with Crippen LogP contribution >= 0.6 is 0 Å². The topological polar surface area (TPSA) is 70.2 Å². The van der Waals surface area contributed by atoms with E-state index in [4.69, 9.17) is 0 Å². The fourth-order valence-corrected chi connectivity index (χ4v) is 2.06. The summed E-state index contributed by atoms with van der Waals surface area (Å²) in [6, 6.07) is 0.379. The zero-order valence-electron chi connectivity index (χ0n) is 11.6. The van der Waals surface area contributed by atoms with Crippen LogP contribution < -0.4 is 16.0 Å². The molecule has 2 atom stereocenters. The van der Waals surface area contributed by atoms with Gasteiger partial charge in [-0.3, -0.25) is 9.59 Å². The molecule has 0 aromatic rings. The van der Waals surface area contributed by atoms with Crippen LogP contribution in [0.25, 0.3) is 0 Å². The molecule has 0 aromatic heterocycles. The molecule has 0 saturated carbocycles. The first-order valence-electron chi connectivity index (χ1n) is 6.76. The van der Waals surface area contributed by atoms with E-state index in [1.165, 1.54) is 0 Å². The van der Waals surface area contributed by atoms with Gasteiger partial charge in [-0.2, -0.15) is 0 Å². The summed E-state index contributed by atoms with van der Waals surface area (Å²) in [6.07, 6.45) is 1.70. The molecule has 1 rings (SSSR count). The summed E-state index contributed by atoms with van der Waals surface area (Å²) in [4.78, 5) is 23.3. The van der Waals surface area contributed by atoms with Crippen LogP contribution in [-0.2, 0) is 9.59 Å². The van der Waals surface area contributed by atoms with Crippen LogP contribution in [0.3, 0.4) is 0 Å². The van der Waals surface area contributed by atoms with Gasteiger partial charge in [0, 0.05) is 18.5 Å². The van der Waals surface area contributed by atoms with Crippen molar-refractivity contribution in [3.05, 3.63) is 0 Å². The highest BCUT2D eigenvalue weighted by Gasteiger charge is 2.24. The van der Waals surface area contributed by atoms with Gasteiger partial charge in [-0.05, 0) is 32.2 Å². The molecule has 1 aliphatic heterocycles. The quantitative estimate of drug-likeness (QED) is 0.660. The minimum atomic E-state index is -0.112. The van der Waals surface area contributed by atoms with E-state index in [2.05, 4.69) is 22.9 Å². The molecule has 104 valence electrons. The van der Waals surface area contributed by atoms with E-state index in [1.54, 1.807) is 0 Å². The fraction of sp³-hybridized carbons (Fsp3) is 0.846. The second kappa shape index (κ2) is 7.36. The molecule has 0 aliphatic carbocycles. The van der Waals surface area contributed by atoms with E-state index < -0.39 is 0 Å². The van der Waals surface area contributed by atoms with Crippen molar-refractivity contribution >= 4 is 11.8 Å². The van der Waals surface area contributed by atoms with Crippen molar-refractivity contribution in [3.63, 3.8) is 0 Å². The summed E-state index contributed by atoms with van der Waals surface area (Å²) >= 11 is 0. The van der Waals surface area contributed by atoms with Crippen LogP contribution in [-0.4, -0.2) is 37.5 Å². The number of hydrogen-bond donors (Lipinski definition) is 3. The lowest BCUT2D eigenvalue weighted by atomic mass is 9.92. The van der Waals surface area contributed by atoms with Crippen LogP contribution in [0.1, 0.15) is 33.6 Å². The second-order valence-corrected chi connectivity index (χ2v) is 5.49. The average Bonchev–Trinajstić information content (AvgIpc) is 2.33. The molecular weight excluding hydrogens is 230 g/mol. The Morgan fingerprint density at radius 2 is 2.06 bits per heavy atom. The highest BCUT2D eigenvalue weighted by molar-refractivity contribution is 5.85. The van der Waals surface area contributed by atoms with Crippen molar-refractivity contribution in [2.45, 2.75) is 39.7 Å². The minimum absolute atomic E-state index is 0.00282. The number of hydrogen-bond acceptors (Lipinski definition) is 3. The van der Waals surface area contributed by atoms with Crippen molar-refractivity contribution in [3.8, 4) is 0 Å². The second-order valence-electron chi connectivity index (χ2n) is 5.49. The number of carbonyl (C=O) groups is 2. The zero-order chi connectivity index (χ0) is 13.5. The Balaban J connectivity index is 2.21. The van der Waals surface area contributed by atoms with Crippen molar-refractivity contribution in [1.29, 1.82) is 0 Å². The predicted octanol–water partition coefficient (Wildman–Crippen LogP) is 0.263. The standard InChI is InChI=1S/C13H25N3O2/c1-9(2)7-15-12(17)8-16-13(18)11-4-5-14-10(3)6-11/h9-11,14H,4-8H2,1-3H3,(H,15,17)(H,16,18). The van der Waals surface area contributed by atoms with Crippen LogP contribution in [0.2, 0.25) is 0 Å². The molecule has 0 bridgehead atoms. The Morgan fingerprint density at radius 3 is 2.67 bits per heavy atom. The van der Waals surface area contributed by atoms with E-state index in [9.17, 15) is 9.59 Å². The highest BCUT2D eigenvalue weighted by Crippen LogP contribution is 2.15. The van der Waals surface area contributed by atoms with Crippen LogP contribution in [0.15, 0.2) is 0 Å². The molecule has 1 aliphatic rings. The van der Waals surface area contributed by atoms with Crippen molar-refractivity contribution < 1.29 is 9.59 Å². The Labute approximate surface area is 109 Å². The van der Waals surface area contributed by atoms with Crippen molar-refractivity contribution in [2.75, 3.05) is 19.6 Å². The van der Waals surface area contributed by atoms with Crippen molar-refractivity contribution in [1.82, 2.24) is 16.0 Å². The molecule has 2 amide bonds. The lowest BCUT2D eigenvalue weighted by Crippen LogP contribution is -2.45. The van der Waals surface area contributed by atoms with Crippen LogP contribution in [0.5, 0.6) is 0 Å². The average molecular weight is 255 g/mol. The fourth-order valence-electron chi connectivity index (χ4n) is 2.06. The third kappa shape index (κ3) is 5.49. The van der Waals surface area contributed by atoms with Crippen molar-refractivity contribution in [2.24, 2.45) is 11.8 Å². The summed E-state index contributed by atoms with van der Waals surface area (Å²) in [5.74, 6) is 0.358. The molecule has 3 N–H and O–H groups in total. The Hall–Kier alpha value is -1.10. The lowest BCUT2D eigenvalue weighted by molar-refractivity contribution is -0.129. The molecule has 2 unspecified atom stereocenters. The monoisotopic (exact) mass is 255 g/mol. The van der Waals surface area contributed by atoms with Gasteiger partial charge in [-0.25, -0.2) is 0 Å². The lowest BCUT2D eigenvalue weighted by Gasteiger charge is -2.27. The van der Waals surface area contributed by atoms with Gasteiger partial charge in [-0.15, -0.1) is 0 Å². The van der Waals surface area contributed by atoms with Gasteiger partial charge >= 0.3 is 0 Å². The maximum atomic E-state index is 11.9. The number of piperidine rings is 1. The molecule has 0 radical (unpaired) electrons. The van der Waals surface area contributed by atoms with Gasteiger partial charge in [0.2, 0.25) is 11.8 Å². The van der Waals surface area contributed by atoms with Crippen LogP contribution in [0, 0.1) is 11.8 Å². The third-order valence-electron chi connectivity index (χ3n) is 3.13. The van der Waals surface area contributed by atoms with E-state index in [0.717, 1.165) is 19.4 Å². The van der Waals surface area contributed by atoms with E-state index in [-0.39, 0.29) is 24.3 Å². The van der Waals surface area contributed by atoms with Gasteiger partial charge in [0.1, 0.15) is 0 Å². The predicted molar refractivity (Wildman–Crippen MR) is 71.0 cm³/mol. The van der Waals surface area contributed by atoms with Gasteiger partial charge in [0.15, 0.2) is 0 Å². The molecule has 1 heterocycles. The minimum Gasteiger partial charge on any atom is -0.354 e. The summed E-state index contributed by atoms with van der Waals surface area (Å²) in [5, 5.41) is 8.81. The Bertz CT molecular complexity index is 292. The normalized spacial score (nSPS) is 23.8. The molecule has 18 heavy (non-hydrogen) atoms. The van der Waals surface area contributed by atoms with E-state index >= 15 is 0 Å². The Kier molecular flexibility index (Phi) is 6.12. The number of rotatable bonds is 5. The SMILES string of the molecule is CC(C)CNC(=O)CNC(=O)C1CCNC(C)C1. The summed E-state index contributed by atoms with van der Waals surface area (Å²) in [6.45, 7) is 7.76. The maximum absolute atomic E-state index is 11.9. The van der Waals surface area contributed by atoms with Gasteiger partial charge < -0.3 is 16.0 Å². The summed E-state index contributed by atoms with van der Waals surface area (Å²) in [5.41, 5.74) is 0. The van der Waals surface area contributed by atoms with E-state index in [0.29, 0.717) is 18.5 Å². The molecule has 0 spiro atoms. The van der Waals surface area contributed by atoms with Gasteiger partial charge in [0.05, 0.1) is 6.54 Å². The smallest absolute Gasteiger partial charge is 0.239 e. The first-order valence-corrected chi connectivity index (χ1v) is 6.76. The molecule has 5 heteroatoms. The molecule has 0 aromatic carbocycles. The molecule has 1 fully saturated rings. The number of nitrogens with one attached hydrogen (secondary N) is 3. The summed E-state index contributed by atoms with van der Waals surface area (Å²) < 4.78 is 0. The highest BCUT2D eigenvalue weighted by atomic mass is 16.2. The third-order valence-corrected chi connectivity index (χ3v) is 3.13. The molecular formula is C13H25N3O2. The van der Waals surface area contributed by atoms with Gasteiger partial charge in [-0.1, -0.05) is 13.8 Å². The van der Waals surface area contributed by atoms with Crippen LogP contribution in [0.4, 0.5) is 0 Å². The number of carbonyl (C=O) groups excluding carboxylic acids is 2. The molecule has 1 saturated heterocycles. The summed E-state index contributed by atoms with van der Waals surface area (Å²) in [7, 11) is 0.